The first kappa shape index (κ1) is 9.40. The largest absolute Gasteiger partial charge is 0.379 e. The van der Waals surface area contributed by atoms with Crippen molar-refractivity contribution in [3.8, 4) is 0 Å². The Kier molecular flexibility index (Phi) is 2.37. The highest BCUT2D eigenvalue weighted by Crippen LogP contribution is 2.22. The van der Waals surface area contributed by atoms with E-state index in [1.807, 2.05) is 19.1 Å². The van der Waals surface area contributed by atoms with E-state index in [2.05, 4.69) is 22.4 Å². The lowest BCUT2D eigenvalue weighted by Gasteiger charge is -2.23. The van der Waals surface area contributed by atoms with Gasteiger partial charge in [-0.3, -0.25) is 0 Å². The minimum atomic E-state index is 0.0178. The quantitative estimate of drug-likeness (QED) is 0.770. The maximum atomic E-state index is 5.35. The average Bonchev–Trinajstić information content (AvgIpc) is 2.57. The summed E-state index contributed by atoms with van der Waals surface area (Å²) in [5.74, 6) is 0.823. The molecule has 1 aromatic heterocycles. The van der Waals surface area contributed by atoms with Crippen LogP contribution in [0.2, 0.25) is 0 Å². The molecule has 4 nitrogen and oxygen atoms in total. The summed E-state index contributed by atoms with van der Waals surface area (Å²) in [5, 5.41) is 11.4. The van der Waals surface area contributed by atoms with Gasteiger partial charge in [0.2, 0.25) is 0 Å². The first-order chi connectivity index (χ1) is 6.68. The van der Waals surface area contributed by atoms with Gasteiger partial charge in [-0.1, -0.05) is 0 Å². The van der Waals surface area contributed by atoms with Gasteiger partial charge in [-0.05, 0) is 32.4 Å². The van der Waals surface area contributed by atoms with Gasteiger partial charge in [0, 0.05) is 6.61 Å². The Hall–Kier alpha value is -1.16. The lowest BCUT2D eigenvalue weighted by molar-refractivity contribution is 0.185. The number of hydrogen-bond acceptors (Lipinski definition) is 4. The molecule has 1 aliphatic heterocycles. The van der Waals surface area contributed by atoms with Crippen LogP contribution < -0.4 is 5.32 Å². The van der Waals surface area contributed by atoms with Crippen LogP contribution in [0.5, 0.6) is 0 Å². The number of aryl methyl sites for hydroxylation is 1. The number of rotatable bonds is 2. The van der Waals surface area contributed by atoms with E-state index in [1.165, 1.54) is 0 Å². The van der Waals surface area contributed by atoms with Gasteiger partial charge in [0.25, 0.3) is 0 Å². The van der Waals surface area contributed by atoms with Crippen LogP contribution in [0.15, 0.2) is 12.1 Å². The van der Waals surface area contributed by atoms with Gasteiger partial charge in [-0.15, -0.1) is 5.10 Å². The Labute approximate surface area is 83.7 Å². The van der Waals surface area contributed by atoms with Crippen molar-refractivity contribution in [3.05, 3.63) is 17.8 Å². The number of anilines is 1. The minimum Gasteiger partial charge on any atom is -0.379 e. The van der Waals surface area contributed by atoms with Gasteiger partial charge in [-0.25, -0.2) is 0 Å². The fourth-order valence-corrected chi connectivity index (χ4v) is 1.54. The molecule has 1 fully saturated rings. The highest BCUT2D eigenvalue weighted by atomic mass is 16.5. The van der Waals surface area contributed by atoms with E-state index in [-0.39, 0.29) is 5.54 Å². The number of ether oxygens (including phenoxy) is 1. The highest BCUT2D eigenvalue weighted by molar-refractivity contribution is 5.36. The maximum absolute atomic E-state index is 5.35. The summed E-state index contributed by atoms with van der Waals surface area (Å²) in [7, 11) is 0. The van der Waals surface area contributed by atoms with Gasteiger partial charge in [0.1, 0.15) is 5.82 Å². The van der Waals surface area contributed by atoms with Crippen LogP contribution in [0, 0.1) is 6.92 Å². The topological polar surface area (TPSA) is 47.0 Å². The van der Waals surface area contributed by atoms with Crippen molar-refractivity contribution in [2.75, 3.05) is 18.5 Å². The van der Waals surface area contributed by atoms with Crippen LogP contribution in [0.1, 0.15) is 19.0 Å². The molecule has 1 aromatic rings. The van der Waals surface area contributed by atoms with Crippen LogP contribution >= 0.6 is 0 Å². The third kappa shape index (κ3) is 2.01. The number of nitrogens with zero attached hydrogens (tertiary/aromatic N) is 2. The molecule has 2 heterocycles. The molecule has 0 amide bonds. The summed E-state index contributed by atoms with van der Waals surface area (Å²) < 4.78 is 5.35. The van der Waals surface area contributed by atoms with E-state index in [0.29, 0.717) is 0 Å². The molecule has 4 heteroatoms. The Morgan fingerprint density at radius 3 is 2.86 bits per heavy atom. The molecular formula is C10H15N3O. The molecule has 0 radical (unpaired) electrons. The standard InChI is InChI=1S/C10H15N3O/c1-8-3-4-9(13-12-8)11-10(2)5-6-14-7-10/h3-4H,5-7H2,1-2H3,(H,11,13). The zero-order chi connectivity index (χ0) is 10.0. The SMILES string of the molecule is Cc1ccc(NC2(C)CCOC2)nn1. The molecule has 1 unspecified atom stereocenters. The van der Waals surface area contributed by atoms with Gasteiger partial charge < -0.3 is 10.1 Å². The molecule has 0 bridgehead atoms. The first-order valence-electron chi connectivity index (χ1n) is 4.84. The zero-order valence-corrected chi connectivity index (χ0v) is 8.58. The Morgan fingerprint density at radius 1 is 1.43 bits per heavy atom. The molecule has 0 aliphatic carbocycles. The van der Waals surface area contributed by atoms with Crippen LogP contribution in [-0.2, 0) is 4.74 Å². The van der Waals surface area contributed by atoms with E-state index >= 15 is 0 Å². The third-order valence-corrected chi connectivity index (χ3v) is 2.45. The molecule has 1 atom stereocenters. The fraction of sp³-hybridized carbons (Fsp3) is 0.600. The Balaban J connectivity index is 2.06. The number of nitrogens with one attached hydrogen (secondary N) is 1. The van der Waals surface area contributed by atoms with E-state index in [9.17, 15) is 0 Å². The lowest BCUT2D eigenvalue weighted by Crippen LogP contribution is -2.35. The highest BCUT2D eigenvalue weighted by Gasteiger charge is 2.29. The molecule has 0 saturated carbocycles. The predicted octanol–water partition coefficient (Wildman–Crippen LogP) is 1.38. The van der Waals surface area contributed by atoms with E-state index < -0.39 is 0 Å². The predicted molar refractivity (Wildman–Crippen MR) is 54.2 cm³/mol. The smallest absolute Gasteiger partial charge is 0.149 e. The van der Waals surface area contributed by atoms with E-state index in [4.69, 9.17) is 4.74 Å². The van der Waals surface area contributed by atoms with E-state index in [0.717, 1.165) is 31.1 Å². The minimum absolute atomic E-state index is 0.0178. The van der Waals surface area contributed by atoms with Crippen molar-refractivity contribution in [1.82, 2.24) is 10.2 Å². The monoisotopic (exact) mass is 193 g/mol. The number of aromatic nitrogens is 2. The van der Waals surface area contributed by atoms with Crippen LogP contribution in [0.3, 0.4) is 0 Å². The molecule has 1 saturated heterocycles. The summed E-state index contributed by atoms with van der Waals surface area (Å²) >= 11 is 0. The van der Waals surface area contributed by atoms with Crippen molar-refractivity contribution >= 4 is 5.82 Å². The Bertz CT molecular complexity index is 304. The molecular weight excluding hydrogens is 178 g/mol. The second-order valence-electron chi connectivity index (χ2n) is 4.05. The van der Waals surface area contributed by atoms with Crippen LogP contribution in [0.25, 0.3) is 0 Å². The maximum Gasteiger partial charge on any atom is 0.149 e. The third-order valence-electron chi connectivity index (χ3n) is 2.45. The summed E-state index contributed by atoms with van der Waals surface area (Å²) in [6, 6.07) is 3.90. The van der Waals surface area contributed by atoms with Crippen LogP contribution in [0.4, 0.5) is 5.82 Å². The normalized spacial score (nSPS) is 26.4. The molecule has 0 spiro atoms. The molecule has 14 heavy (non-hydrogen) atoms. The first-order valence-corrected chi connectivity index (χ1v) is 4.84. The summed E-state index contributed by atoms with van der Waals surface area (Å²) in [6.45, 7) is 5.63. The van der Waals surface area contributed by atoms with Gasteiger partial charge in [0.15, 0.2) is 0 Å². The molecule has 1 aliphatic rings. The van der Waals surface area contributed by atoms with Crippen molar-refractivity contribution in [2.45, 2.75) is 25.8 Å². The molecule has 0 aromatic carbocycles. The summed E-state index contributed by atoms with van der Waals surface area (Å²) in [6.07, 6.45) is 1.02. The van der Waals surface area contributed by atoms with Gasteiger partial charge in [-0.2, -0.15) is 5.10 Å². The average molecular weight is 193 g/mol. The van der Waals surface area contributed by atoms with Gasteiger partial charge >= 0.3 is 0 Å². The van der Waals surface area contributed by atoms with Crippen molar-refractivity contribution in [2.24, 2.45) is 0 Å². The van der Waals surface area contributed by atoms with E-state index in [1.54, 1.807) is 0 Å². The molecule has 2 rings (SSSR count). The number of hydrogen-bond donors (Lipinski definition) is 1. The van der Waals surface area contributed by atoms with Crippen LogP contribution in [-0.4, -0.2) is 29.0 Å². The Morgan fingerprint density at radius 2 is 2.29 bits per heavy atom. The second-order valence-corrected chi connectivity index (χ2v) is 4.05. The molecule has 1 N–H and O–H groups in total. The fourth-order valence-electron chi connectivity index (χ4n) is 1.54. The second kappa shape index (κ2) is 3.53. The van der Waals surface area contributed by atoms with Gasteiger partial charge in [0.05, 0.1) is 17.8 Å². The van der Waals surface area contributed by atoms with Crippen molar-refractivity contribution < 1.29 is 4.74 Å². The molecule has 76 valence electrons. The van der Waals surface area contributed by atoms with Crippen molar-refractivity contribution in [1.29, 1.82) is 0 Å². The van der Waals surface area contributed by atoms with Crippen molar-refractivity contribution in [3.63, 3.8) is 0 Å². The summed E-state index contributed by atoms with van der Waals surface area (Å²) in [5.41, 5.74) is 0.951. The summed E-state index contributed by atoms with van der Waals surface area (Å²) in [4.78, 5) is 0. The lowest BCUT2D eigenvalue weighted by atomic mass is 10.0. The zero-order valence-electron chi connectivity index (χ0n) is 8.58.